The molecule has 0 spiro atoms. The van der Waals surface area contributed by atoms with Crippen LogP contribution >= 0.6 is 0 Å². The standard InChI is InChI=1S/C15H24N2O3S/c1-5-9-12(2)16-15(18)13(3)17(21(4,19)20)14-10-7-6-8-11-14/h6-8,10-13H,5,9H2,1-4H3,(H,16,18)/t12-,13+/m1/s1. The van der Waals surface area contributed by atoms with Gasteiger partial charge < -0.3 is 5.32 Å². The molecular weight excluding hydrogens is 288 g/mol. The van der Waals surface area contributed by atoms with Crippen LogP contribution in [-0.2, 0) is 14.8 Å². The van der Waals surface area contributed by atoms with E-state index in [1.54, 1.807) is 37.3 Å². The molecule has 0 saturated heterocycles. The van der Waals surface area contributed by atoms with E-state index in [-0.39, 0.29) is 11.9 Å². The number of hydrogen-bond donors (Lipinski definition) is 1. The summed E-state index contributed by atoms with van der Waals surface area (Å²) in [6.45, 7) is 5.56. The number of nitrogens with one attached hydrogen (secondary N) is 1. The van der Waals surface area contributed by atoms with Gasteiger partial charge in [-0.2, -0.15) is 0 Å². The van der Waals surface area contributed by atoms with Crippen molar-refractivity contribution in [2.45, 2.75) is 45.7 Å². The highest BCUT2D eigenvalue weighted by Gasteiger charge is 2.29. The van der Waals surface area contributed by atoms with Crippen molar-refractivity contribution in [1.29, 1.82) is 0 Å². The molecule has 0 heterocycles. The molecule has 0 fully saturated rings. The Morgan fingerprint density at radius 1 is 1.24 bits per heavy atom. The lowest BCUT2D eigenvalue weighted by Gasteiger charge is -2.29. The first-order chi connectivity index (χ1) is 9.77. The zero-order chi connectivity index (χ0) is 16.0. The maximum atomic E-state index is 12.3. The molecule has 0 aliphatic rings. The average molecular weight is 312 g/mol. The number of sulfonamides is 1. The number of nitrogens with zero attached hydrogens (tertiary/aromatic N) is 1. The largest absolute Gasteiger partial charge is 0.352 e. The van der Waals surface area contributed by atoms with Crippen molar-refractivity contribution in [2.24, 2.45) is 0 Å². The van der Waals surface area contributed by atoms with Crippen molar-refractivity contribution in [3.8, 4) is 0 Å². The number of anilines is 1. The molecule has 1 N–H and O–H groups in total. The van der Waals surface area contributed by atoms with E-state index in [2.05, 4.69) is 5.32 Å². The van der Waals surface area contributed by atoms with E-state index >= 15 is 0 Å². The van der Waals surface area contributed by atoms with E-state index in [0.29, 0.717) is 5.69 Å². The van der Waals surface area contributed by atoms with Gasteiger partial charge in [0.1, 0.15) is 6.04 Å². The van der Waals surface area contributed by atoms with Crippen LogP contribution in [0.1, 0.15) is 33.6 Å². The molecule has 0 saturated carbocycles. The van der Waals surface area contributed by atoms with Crippen LogP contribution < -0.4 is 9.62 Å². The SMILES string of the molecule is CCC[C@@H](C)NC(=O)[C@H](C)N(c1ccccc1)S(C)(=O)=O. The number of rotatable bonds is 7. The van der Waals surface area contributed by atoms with Gasteiger partial charge in [0.05, 0.1) is 11.9 Å². The molecule has 0 unspecified atom stereocenters. The van der Waals surface area contributed by atoms with Crippen LogP contribution in [0.4, 0.5) is 5.69 Å². The first-order valence-corrected chi connectivity index (χ1v) is 8.97. The molecule has 6 heteroatoms. The third-order valence-corrected chi connectivity index (χ3v) is 4.45. The van der Waals surface area contributed by atoms with Gasteiger partial charge in [-0.1, -0.05) is 31.5 Å². The molecular formula is C15H24N2O3S. The van der Waals surface area contributed by atoms with Crippen molar-refractivity contribution in [3.05, 3.63) is 30.3 Å². The predicted molar refractivity (Wildman–Crippen MR) is 85.7 cm³/mol. The second-order valence-corrected chi connectivity index (χ2v) is 7.13. The monoisotopic (exact) mass is 312 g/mol. The summed E-state index contributed by atoms with van der Waals surface area (Å²) in [7, 11) is -3.54. The second kappa shape index (κ2) is 7.45. The molecule has 118 valence electrons. The number of carbonyl (C=O) groups excluding carboxylic acids is 1. The fraction of sp³-hybridized carbons (Fsp3) is 0.533. The fourth-order valence-corrected chi connectivity index (χ4v) is 3.43. The van der Waals surface area contributed by atoms with Gasteiger partial charge in [0.15, 0.2) is 0 Å². The summed E-state index contributed by atoms with van der Waals surface area (Å²) in [6.07, 6.45) is 2.94. The lowest BCUT2D eigenvalue weighted by Crippen LogP contribution is -2.49. The Hall–Kier alpha value is -1.56. The Kier molecular flexibility index (Phi) is 6.20. The molecule has 5 nitrogen and oxygen atoms in total. The Bertz CT molecular complexity index is 558. The fourth-order valence-electron chi connectivity index (χ4n) is 2.25. The quantitative estimate of drug-likeness (QED) is 0.839. The number of carbonyl (C=O) groups is 1. The van der Waals surface area contributed by atoms with Crippen molar-refractivity contribution in [1.82, 2.24) is 5.32 Å². The predicted octanol–water partition coefficient (Wildman–Crippen LogP) is 2.15. The molecule has 21 heavy (non-hydrogen) atoms. The van der Waals surface area contributed by atoms with Gasteiger partial charge >= 0.3 is 0 Å². The van der Waals surface area contributed by atoms with Crippen LogP contribution in [0.5, 0.6) is 0 Å². The van der Waals surface area contributed by atoms with Crippen LogP contribution in [0, 0.1) is 0 Å². The zero-order valence-corrected chi connectivity index (χ0v) is 13.9. The third-order valence-electron chi connectivity index (χ3n) is 3.21. The molecule has 1 amide bonds. The van der Waals surface area contributed by atoms with Crippen molar-refractivity contribution in [3.63, 3.8) is 0 Å². The van der Waals surface area contributed by atoms with Gasteiger partial charge in [-0.25, -0.2) is 8.42 Å². The number of amides is 1. The van der Waals surface area contributed by atoms with E-state index in [0.717, 1.165) is 23.4 Å². The summed E-state index contributed by atoms with van der Waals surface area (Å²) >= 11 is 0. The van der Waals surface area contributed by atoms with Crippen LogP contribution in [0.15, 0.2) is 30.3 Å². The van der Waals surface area contributed by atoms with Gasteiger partial charge in [0.2, 0.25) is 15.9 Å². The van der Waals surface area contributed by atoms with Crippen molar-refractivity contribution >= 4 is 21.6 Å². The molecule has 1 rings (SSSR count). The summed E-state index contributed by atoms with van der Waals surface area (Å²) in [4.78, 5) is 12.3. The van der Waals surface area contributed by atoms with E-state index in [4.69, 9.17) is 0 Å². The van der Waals surface area contributed by atoms with E-state index in [9.17, 15) is 13.2 Å². The minimum atomic E-state index is -3.54. The summed E-state index contributed by atoms with van der Waals surface area (Å²) in [5.74, 6) is -0.287. The van der Waals surface area contributed by atoms with E-state index in [1.807, 2.05) is 13.8 Å². The van der Waals surface area contributed by atoms with Crippen LogP contribution in [0.3, 0.4) is 0 Å². The Morgan fingerprint density at radius 2 is 1.81 bits per heavy atom. The van der Waals surface area contributed by atoms with Gasteiger partial charge in [0, 0.05) is 6.04 Å². The number of benzene rings is 1. The van der Waals surface area contributed by atoms with Crippen LogP contribution in [0.2, 0.25) is 0 Å². The third kappa shape index (κ3) is 5.04. The lowest BCUT2D eigenvalue weighted by atomic mass is 10.2. The normalized spacial score (nSPS) is 14.3. The molecule has 0 aromatic heterocycles. The van der Waals surface area contributed by atoms with Gasteiger partial charge in [-0.05, 0) is 32.4 Å². The summed E-state index contributed by atoms with van der Waals surface area (Å²) in [5, 5.41) is 2.86. The molecule has 1 aromatic carbocycles. The van der Waals surface area contributed by atoms with Gasteiger partial charge in [0.25, 0.3) is 0 Å². The maximum absolute atomic E-state index is 12.3. The molecule has 2 atom stereocenters. The Balaban J connectivity index is 2.97. The number of para-hydroxylation sites is 1. The summed E-state index contributed by atoms with van der Waals surface area (Å²) in [5.41, 5.74) is 0.491. The topological polar surface area (TPSA) is 66.5 Å². The molecule has 0 aliphatic heterocycles. The van der Waals surface area contributed by atoms with E-state index in [1.165, 1.54) is 0 Å². The molecule has 1 aromatic rings. The molecule has 0 bridgehead atoms. The maximum Gasteiger partial charge on any atom is 0.243 e. The molecule has 0 radical (unpaired) electrons. The first-order valence-electron chi connectivity index (χ1n) is 7.12. The molecule has 0 aliphatic carbocycles. The van der Waals surface area contributed by atoms with Crippen LogP contribution in [-0.4, -0.2) is 32.7 Å². The summed E-state index contributed by atoms with van der Waals surface area (Å²) in [6, 6.07) is 7.90. The first kappa shape index (κ1) is 17.5. The van der Waals surface area contributed by atoms with E-state index < -0.39 is 16.1 Å². The Morgan fingerprint density at radius 3 is 2.29 bits per heavy atom. The zero-order valence-electron chi connectivity index (χ0n) is 13.0. The smallest absolute Gasteiger partial charge is 0.243 e. The average Bonchev–Trinajstić information content (AvgIpc) is 2.38. The highest BCUT2D eigenvalue weighted by atomic mass is 32.2. The van der Waals surface area contributed by atoms with Crippen molar-refractivity contribution < 1.29 is 13.2 Å². The highest BCUT2D eigenvalue weighted by molar-refractivity contribution is 7.92. The van der Waals surface area contributed by atoms with Gasteiger partial charge in [-0.15, -0.1) is 0 Å². The van der Waals surface area contributed by atoms with Crippen LogP contribution in [0.25, 0.3) is 0 Å². The lowest BCUT2D eigenvalue weighted by molar-refractivity contribution is -0.122. The minimum Gasteiger partial charge on any atom is -0.352 e. The highest BCUT2D eigenvalue weighted by Crippen LogP contribution is 2.20. The summed E-state index contributed by atoms with van der Waals surface area (Å²) < 4.78 is 25.2. The minimum absolute atomic E-state index is 0.0298. The van der Waals surface area contributed by atoms with Crippen molar-refractivity contribution in [2.75, 3.05) is 10.6 Å². The van der Waals surface area contributed by atoms with Gasteiger partial charge in [-0.3, -0.25) is 9.10 Å². The Labute approximate surface area is 127 Å². The number of hydrogen-bond acceptors (Lipinski definition) is 3. The second-order valence-electron chi connectivity index (χ2n) is 5.27.